The zero-order valence-corrected chi connectivity index (χ0v) is 15.6. The molecule has 0 N–H and O–H groups in total. The van der Waals surface area contributed by atoms with E-state index >= 15 is 0 Å². The van der Waals surface area contributed by atoms with Crippen LogP contribution in [0.25, 0.3) is 5.65 Å². The van der Waals surface area contributed by atoms with Crippen LogP contribution in [0, 0.1) is 20.8 Å². The van der Waals surface area contributed by atoms with Gasteiger partial charge in [0.1, 0.15) is 5.65 Å². The number of rotatable bonds is 2. The standard InChI is InChI=1S/C21H24N4O/c1-15-5-4-6-19(17(15)3)23-9-11-24(12-10-23)21(26)18-7-8-25-14-16(2)22-20(25)13-18/h4-8,13-14H,9-12H2,1-3H3. The third-order valence-corrected chi connectivity index (χ3v) is 5.31. The van der Waals surface area contributed by atoms with E-state index in [1.165, 1.54) is 16.8 Å². The van der Waals surface area contributed by atoms with Gasteiger partial charge in [-0.15, -0.1) is 0 Å². The SMILES string of the molecule is Cc1cn2ccc(C(=O)N3CCN(c4cccc(C)c4C)CC3)cc2n1. The highest BCUT2D eigenvalue weighted by Crippen LogP contribution is 2.24. The van der Waals surface area contributed by atoms with Crippen LogP contribution in [0.1, 0.15) is 27.2 Å². The van der Waals surface area contributed by atoms with Crippen molar-refractivity contribution in [1.82, 2.24) is 14.3 Å². The van der Waals surface area contributed by atoms with Crippen LogP contribution in [0.3, 0.4) is 0 Å². The molecule has 3 aromatic rings. The van der Waals surface area contributed by atoms with Crippen LogP contribution in [0.2, 0.25) is 0 Å². The summed E-state index contributed by atoms with van der Waals surface area (Å²) >= 11 is 0. The minimum absolute atomic E-state index is 0.0915. The Morgan fingerprint density at radius 2 is 1.81 bits per heavy atom. The van der Waals surface area contributed by atoms with E-state index in [0.29, 0.717) is 5.56 Å². The first-order valence-electron chi connectivity index (χ1n) is 9.09. The summed E-state index contributed by atoms with van der Waals surface area (Å²) < 4.78 is 1.95. The first-order valence-corrected chi connectivity index (χ1v) is 9.09. The molecule has 5 nitrogen and oxygen atoms in total. The lowest BCUT2D eigenvalue weighted by molar-refractivity contribution is 0.0746. The van der Waals surface area contributed by atoms with Gasteiger partial charge >= 0.3 is 0 Å². The molecule has 1 aromatic carbocycles. The molecule has 0 unspecified atom stereocenters. The fraction of sp³-hybridized carbons (Fsp3) is 0.333. The summed E-state index contributed by atoms with van der Waals surface area (Å²) in [4.78, 5) is 21.7. The van der Waals surface area contributed by atoms with Gasteiger partial charge in [-0.2, -0.15) is 0 Å². The molecule has 2 aromatic heterocycles. The average molecular weight is 348 g/mol. The summed E-state index contributed by atoms with van der Waals surface area (Å²) in [7, 11) is 0. The number of imidazole rings is 1. The Bertz CT molecular complexity index is 967. The topological polar surface area (TPSA) is 40.9 Å². The Labute approximate surface area is 153 Å². The Balaban J connectivity index is 1.48. The van der Waals surface area contributed by atoms with E-state index in [-0.39, 0.29) is 5.91 Å². The minimum atomic E-state index is 0.0915. The smallest absolute Gasteiger partial charge is 0.254 e. The van der Waals surface area contributed by atoms with Crippen molar-refractivity contribution < 1.29 is 4.79 Å². The Morgan fingerprint density at radius 3 is 2.58 bits per heavy atom. The van der Waals surface area contributed by atoms with Gasteiger partial charge < -0.3 is 14.2 Å². The summed E-state index contributed by atoms with van der Waals surface area (Å²) in [5.41, 5.74) is 6.41. The molecule has 1 fully saturated rings. The van der Waals surface area contributed by atoms with E-state index in [0.717, 1.165) is 37.5 Å². The largest absolute Gasteiger partial charge is 0.368 e. The minimum Gasteiger partial charge on any atom is -0.368 e. The molecule has 0 radical (unpaired) electrons. The molecule has 1 saturated heterocycles. The second-order valence-electron chi connectivity index (χ2n) is 7.06. The van der Waals surface area contributed by atoms with E-state index < -0.39 is 0 Å². The molecule has 1 aliphatic heterocycles. The number of aryl methyl sites for hydroxylation is 2. The fourth-order valence-electron chi connectivity index (χ4n) is 3.65. The molecule has 26 heavy (non-hydrogen) atoms. The highest BCUT2D eigenvalue weighted by Gasteiger charge is 2.23. The number of nitrogens with zero attached hydrogens (tertiary/aromatic N) is 4. The number of hydrogen-bond acceptors (Lipinski definition) is 3. The van der Waals surface area contributed by atoms with E-state index in [1.54, 1.807) is 0 Å². The van der Waals surface area contributed by atoms with Crippen molar-refractivity contribution in [2.75, 3.05) is 31.1 Å². The molecular formula is C21H24N4O. The number of anilines is 1. The van der Waals surface area contributed by atoms with Crippen LogP contribution in [0.4, 0.5) is 5.69 Å². The lowest BCUT2D eigenvalue weighted by Gasteiger charge is -2.37. The highest BCUT2D eigenvalue weighted by molar-refractivity contribution is 5.95. The van der Waals surface area contributed by atoms with Gasteiger partial charge in [-0.25, -0.2) is 4.98 Å². The van der Waals surface area contributed by atoms with Crippen molar-refractivity contribution >= 4 is 17.2 Å². The Morgan fingerprint density at radius 1 is 1.04 bits per heavy atom. The van der Waals surface area contributed by atoms with Crippen molar-refractivity contribution in [1.29, 1.82) is 0 Å². The van der Waals surface area contributed by atoms with Gasteiger partial charge in [0.2, 0.25) is 0 Å². The molecule has 1 amide bonds. The van der Waals surface area contributed by atoms with Gasteiger partial charge in [0.15, 0.2) is 0 Å². The number of benzene rings is 1. The van der Waals surface area contributed by atoms with E-state index in [9.17, 15) is 4.79 Å². The maximum Gasteiger partial charge on any atom is 0.254 e. The molecule has 0 saturated carbocycles. The van der Waals surface area contributed by atoms with Crippen LogP contribution < -0.4 is 4.90 Å². The Hall–Kier alpha value is -2.82. The number of carbonyl (C=O) groups is 1. The molecule has 0 atom stereocenters. The molecule has 1 aliphatic rings. The van der Waals surface area contributed by atoms with Crippen molar-refractivity contribution in [3.05, 3.63) is 65.1 Å². The molecule has 3 heterocycles. The number of fused-ring (bicyclic) bond motifs is 1. The maximum absolute atomic E-state index is 12.9. The molecule has 0 spiro atoms. The summed E-state index contributed by atoms with van der Waals surface area (Å²) in [6, 6.07) is 10.2. The van der Waals surface area contributed by atoms with Crippen molar-refractivity contribution in [2.45, 2.75) is 20.8 Å². The van der Waals surface area contributed by atoms with Gasteiger partial charge in [0, 0.05) is 49.8 Å². The molecule has 134 valence electrons. The van der Waals surface area contributed by atoms with Crippen LogP contribution in [0.5, 0.6) is 0 Å². The molecule has 0 bridgehead atoms. The van der Waals surface area contributed by atoms with Gasteiger partial charge in [-0.1, -0.05) is 12.1 Å². The fourth-order valence-corrected chi connectivity index (χ4v) is 3.65. The number of amides is 1. The van der Waals surface area contributed by atoms with Crippen molar-refractivity contribution in [3.8, 4) is 0 Å². The van der Waals surface area contributed by atoms with Crippen molar-refractivity contribution in [2.24, 2.45) is 0 Å². The number of piperazine rings is 1. The zero-order chi connectivity index (χ0) is 18.3. The zero-order valence-electron chi connectivity index (χ0n) is 15.6. The van der Waals surface area contributed by atoms with Crippen molar-refractivity contribution in [3.63, 3.8) is 0 Å². The normalized spacial score (nSPS) is 14.9. The van der Waals surface area contributed by atoms with Crippen LogP contribution in [0.15, 0.2) is 42.7 Å². The number of hydrogen-bond donors (Lipinski definition) is 0. The first kappa shape index (κ1) is 16.6. The predicted molar refractivity (Wildman–Crippen MR) is 104 cm³/mol. The summed E-state index contributed by atoms with van der Waals surface area (Å²) in [5.74, 6) is 0.0915. The van der Waals surface area contributed by atoms with Crippen LogP contribution >= 0.6 is 0 Å². The second kappa shape index (κ2) is 6.48. The highest BCUT2D eigenvalue weighted by atomic mass is 16.2. The van der Waals surface area contributed by atoms with E-state index in [1.807, 2.05) is 40.8 Å². The van der Waals surface area contributed by atoms with E-state index in [4.69, 9.17) is 0 Å². The number of carbonyl (C=O) groups excluding carboxylic acids is 1. The molecule has 0 aliphatic carbocycles. The molecule has 5 heteroatoms. The maximum atomic E-state index is 12.9. The molecule has 4 rings (SSSR count). The summed E-state index contributed by atoms with van der Waals surface area (Å²) in [5, 5.41) is 0. The monoisotopic (exact) mass is 348 g/mol. The lowest BCUT2D eigenvalue weighted by atomic mass is 10.1. The summed E-state index contributed by atoms with van der Waals surface area (Å²) in [6.07, 6.45) is 3.88. The second-order valence-corrected chi connectivity index (χ2v) is 7.06. The number of pyridine rings is 1. The van der Waals surface area contributed by atoms with E-state index in [2.05, 4.69) is 41.9 Å². The molecular weight excluding hydrogens is 324 g/mol. The first-order chi connectivity index (χ1) is 12.5. The van der Waals surface area contributed by atoms with Gasteiger partial charge in [-0.3, -0.25) is 4.79 Å². The third-order valence-electron chi connectivity index (χ3n) is 5.31. The quantitative estimate of drug-likeness (QED) is 0.714. The van der Waals surface area contributed by atoms with Gasteiger partial charge in [-0.05, 0) is 50.1 Å². The van der Waals surface area contributed by atoms with Gasteiger partial charge in [0.25, 0.3) is 5.91 Å². The average Bonchev–Trinajstić information content (AvgIpc) is 3.03. The Kier molecular flexibility index (Phi) is 4.15. The number of aromatic nitrogens is 2. The lowest BCUT2D eigenvalue weighted by Crippen LogP contribution is -2.49. The van der Waals surface area contributed by atoms with Crippen LogP contribution in [-0.2, 0) is 0 Å². The van der Waals surface area contributed by atoms with Crippen LogP contribution in [-0.4, -0.2) is 46.4 Å². The summed E-state index contributed by atoms with van der Waals surface area (Å²) in [6.45, 7) is 9.48. The predicted octanol–water partition coefficient (Wildman–Crippen LogP) is 3.22. The van der Waals surface area contributed by atoms with Gasteiger partial charge in [0.05, 0.1) is 5.69 Å². The third kappa shape index (κ3) is 2.94.